The average molecular weight is 863 g/mol. The maximum atomic E-state index is 14.1. The van der Waals surface area contributed by atoms with Crippen molar-refractivity contribution in [2.45, 2.75) is 141 Å². The van der Waals surface area contributed by atoms with Crippen LogP contribution in [0, 0.1) is 11.8 Å². The summed E-state index contributed by atoms with van der Waals surface area (Å²) < 4.78 is 5.29. The van der Waals surface area contributed by atoms with Crippen LogP contribution >= 0.6 is 11.8 Å². The van der Waals surface area contributed by atoms with E-state index >= 15 is 0 Å². The number of nitrogens with one attached hydrogen (secondary N) is 4. The zero-order valence-corrected chi connectivity index (χ0v) is 36.6. The molecule has 4 aliphatic heterocycles. The summed E-state index contributed by atoms with van der Waals surface area (Å²) in [5.41, 5.74) is -0.0665. The highest BCUT2D eigenvalue weighted by molar-refractivity contribution is 8.14. The minimum atomic E-state index is -1.91. The first-order chi connectivity index (χ1) is 28.3. The van der Waals surface area contributed by atoms with Gasteiger partial charge in [-0.05, 0) is 71.1 Å². The summed E-state index contributed by atoms with van der Waals surface area (Å²) in [6.07, 6.45) is 0.988. The highest BCUT2D eigenvalue weighted by Crippen LogP contribution is 2.30. The first-order valence-electron chi connectivity index (χ1n) is 20.8. The number of carbonyl (C=O) groups excluding carboxylic acids is 8. The third kappa shape index (κ3) is 11.6. The predicted molar refractivity (Wildman–Crippen MR) is 221 cm³/mol. The molecule has 2 fully saturated rings. The Hall–Kier alpha value is -4.56. The molecule has 9 atom stereocenters. The van der Waals surface area contributed by atoms with Crippen molar-refractivity contribution in [1.82, 2.24) is 36.0 Å². The van der Waals surface area contributed by atoms with Crippen molar-refractivity contribution in [2.75, 3.05) is 32.5 Å². The maximum Gasteiger partial charge on any atom is 0.329 e. The predicted octanol–water partition coefficient (Wildman–Crippen LogP) is -0.806. The first-order valence-corrected chi connectivity index (χ1v) is 21.7. The van der Waals surface area contributed by atoms with E-state index in [1.54, 1.807) is 25.7 Å². The lowest BCUT2D eigenvalue weighted by atomic mass is 9.99. The van der Waals surface area contributed by atoms with E-state index in [9.17, 15) is 48.6 Å². The second kappa shape index (κ2) is 21.3. The lowest BCUT2D eigenvalue weighted by Crippen LogP contribution is -2.61. The Morgan fingerprint density at radius 2 is 1.52 bits per heavy atom. The van der Waals surface area contributed by atoms with Gasteiger partial charge in [-0.2, -0.15) is 0 Å². The number of nitrogens with zero attached hydrogens (tertiary/aromatic N) is 4. The SMILES string of the molecule is CC=C1NC(=O)C2CSC(=N2)C2CCCN2C(=O)C(CC(C)C)NC(=O)C(C)NC(=O)C(O)COC(=O)C(C(C)C)N(C)C(=O)C(C(C)O)NC(=O)C2CCCCN2C1=O. The molecule has 2 bridgehead atoms. The van der Waals surface area contributed by atoms with E-state index in [4.69, 9.17) is 9.73 Å². The number of amides is 7. The molecule has 0 aromatic rings. The van der Waals surface area contributed by atoms with Crippen LogP contribution in [0.4, 0.5) is 0 Å². The highest BCUT2D eigenvalue weighted by atomic mass is 32.2. The minimum absolute atomic E-state index is 0.0120. The third-order valence-electron chi connectivity index (χ3n) is 11.1. The standard InChI is InChI=1S/C40H62N8O11S/c1-9-24-37(55)47-15-11-10-13-27(47)34(53)45-30(23(7)49)39(57)46(8)31(21(4)5)40(58)59-18-29(50)35(54)41-22(6)32(51)43-25(17-20(2)3)38(56)48-16-12-14-28(48)36-44-26(19-60-36)33(52)42-24/h9,20-23,25-31,49-50H,10-19H2,1-8H3,(H,41,54)(H,42,52)(H,43,51)(H,45,53). The fourth-order valence-electron chi connectivity index (χ4n) is 7.82. The molecule has 0 aromatic carbocycles. The van der Waals surface area contributed by atoms with E-state index in [2.05, 4.69) is 21.3 Å². The number of fused-ring (bicyclic) bond motifs is 4. The Balaban J connectivity index is 1.68. The van der Waals surface area contributed by atoms with Crippen LogP contribution < -0.4 is 21.3 Å². The fourth-order valence-corrected chi connectivity index (χ4v) is 9.02. The second-order valence-corrected chi connectivity index (χ2v) is 17.7. The molecule has 20 heteroatoms. The summed E-state index contributed by atoms with van der Waals surface area (Å²) in [7, 11) is 1.28. The number of piperidine rings is 1. The molecule has 4 rings (SSSR count). The number of hydrogen-bond acceptors (Lipinski definition) is 13. The lowest BCUT2D eigenvalue weighted by Gasteiger charge is -2.37. The maximum absolute atomic E-state index is 14.1. The smallest absolute Gasteiger partial charge is 0.329 e. The van der Waals surface area contributed by atoms with E-state index in [-0.39, 0.29) is 42.7 Å². The Bertz CT molecular complexity index is 1720. The van der Waals surface area contributed by atoms with Crippen LogP contribution in [-0.2, 0) is 43.1 Å². The quantitative estimate of drug-likeness (QED) is 0.150. The lowest BCUT2D eigenvalue weighted by molar-refractivity contribution is -0.161. The summed E-state index contributed by atoms with van der Waals surface area (Å²) >= 11 is 1.34. The molecule has 60 heavy (non-hydrogen) atoms. The molecule has 9 unspecified atom stereocenters. The molecular weight excluding hydrogens is 801 g/mol. The number of thioether (sulfide) groups is 1. The zero-order chi connectivity index (χ0) is 44.6. The van der Waals surface area contributed by atoms with Crippen molar-refractivity contribution in [2.24, 2.45) is 16.8 Å². The molecule has 0 aromatic heterocycles. The number of aliphatic imine (C=N–C) groups is 1. The van der Waals surface area contributed by atoms with Crippen molar-refractivity contribution >= 4 is 64.1 Å². The van der Waals surface area contributed by atoms with Crippen LogP contribution in [-0.4, -0.2) is 164 Å². The normalized spacial score (nSPS) is 31.4. The average Bonchev–Trinajstić information content (AvgIpc) is 3.90. The highest BCUT2D eigenvalue weighted by Gasteiger charge is 2.43. The number of likely N-dealkylation sites (N-methyl/N-ethyl adjacent to an activating group) is 1. The number of hydrogen-bond donors (Lipinski definition) is 6. The number of ether oxygens (including phenoxy) is 1. The Morgan fingerprint density at radius 1 is 0.850 bits per heavy atom. The number of allylic oxidation sites excluding steroid dienone is 1. The molecule has 7 amide bonds. The second-order valence-electron chi connectivity index (χ2n) is 16.6. The van der Waals surface area contributed by atoms with Gasteiger partial charge in [-0.15, -0.1) is 11.8 Å². The topological polar surface area (TPSA) is 256 Å². The van der Waals surface area contributed by atoms with Crippen LogP contribution in [0.2, 0.25) is 0 Å². The molecular formula is C40H62N8O11S. The molecule has 0 saturated carbocycles. The Morgan fingerprint density at radius 3 is 2.15 bits per heavy atom. The van der Waals surface area contributed by atoms with Gasteiger partial charge in [0.1, 0.15) is 48.6 Å². The van der Waals surface area contributed by atoms with Gasteiger partial charge in [0, 0.05) is 25.9 Å². The van der Waals surface area contributed by atoms with Crippen LogP contribution in [0.1, 0.15) is 87.0 Å². The fraction of sp³-hybridized carbons (Fsp3) is 0.725. The first kappa shape index (κ1) is 48.1. The van der Waals surface area contributed by atoms with Gasteiger partial charge in [-0.1, -0.05) is 33.8 Å². The van der Waals surface area contributed by atoms with E-state index in [0.717, 1.165) is 4.90 Å². The van der Waals surface area contributed by atoms with Crippen molar-refractivity contribution in [1.29, 1.82) is 0 Å². The molecule has 2 saturated heterocycles. The summed E-state index contributed by atoms with van der Waals surface area (Å²) in [5.74, 6) is -6.13. The monoisotopic (exact) mass is 862 g/mol. The van der Waals surface area contributed by atoms with Gasteiger partial charge < -0.3 is 50.9 Å². The minimum Gasteiger partial charge on any atom is -0.461 e. The van der Waals surface area contributed by atoms with Gasteiger partial charge in [0.05, 0.1) is 17.2 Å². The van der Waals surface area contributed by atoms with Crippen LogP contribution in [0.3, 0.4) is 0 Å². The summed E-state index contributed by atoms with van der Waals surface area (Å²) in [5, 5.41) is 32.4. The van der Waals surface area contributed by atoms with Gasteiger partial charge >= 0.3 is 5.97 Å². The molecule has 334 valence electrons. The number of aliphatic hydroxyl groups is 2. The van der Waals surface area contributed by atoms with Crippen molar-refractivity contribution in [3.05, 3.63) is 11.8 Å². The van der Waals surface area contributed by atoms with E-state index < -0.39 is 108 Å². The van der Waals surface area contributed by atoms with Crippen molar-refractivity contribution < 1.29 is 53.3 Å². The number of carbonyl (C=O) groups is 8. The van der Waals surface area contributed by atoms with Gasteiger partial charge in [-0.3, -0.25) is 38.6 Å². The number of cyclic esters (lactones) is 1. The van der Waals surface area contributed by atoms with Crippen LogP contribution in [0.5, 0.6) is 0 Å². The summed E-state index contributed by atoms with van der Waals surface area (Å²) in [6, 6.07) is -7.42. The van der Waals surface area contributed by atoms with E-state index in [1.165, 1.54) is 43.6 Å². The summed E-state index contributed by atoms with van der Waals surface area (Å²) in [4.78, 5) is 118. The Kier molecular flexibility index (Phi) is 17.1. The Labute approximate surface area is 355 Å². The molecule has 4 aliphatic rings. The van der Waals surface area contributed by atoms with Crippen molar-refractivity contribution in [3.8, 4) is 0 Å². The molecule has 19 nitrogen and oxygen atoms in total. The number of rotatable bonds is 4. The molecule has 6 N–H and O–H groups in total. The molecule has 0 aliphatic carbocycles. The van der Waals surface area contributed by atoms with E-state index in [0.29, 0.717) is 37.3 Å². The molecule has 0 radical (unpaired) electrons. The van der Waals surface area contributed by atoms with Gasteiger partial charge in [0.2, 0.25) is 29.5 Å². The van der Waals surface area contributed by atoms with Gasteiger partial charge in [0.15, 0.2) is 6.10 Å². The number of esters is 1. The van der Waals surface area contributed by atoms with Crippen LogP contribution in [0.25, 0.3) is 0 Å². The van der Waals surface area contributed by atoms with E-state index in [1.807, 2.05) is 13.8 Å². The number of aliphatic hydroxyl groups excluding tert-OH is 2. The molecule has 4 heterocycles. The van der Waals surface area contributed by atoms with Gasteiger partial charge in [0.25, 0.3) is 11.8 Å². The zero-order valence-electron chi connectivity index (χ0n) is 35.8. The van der Waals surface area contributed by atoms with Crippen LogP contribution in [0.15, 0.2) is 16.8 Å². The summed E-state index contributed by atoms with van der Waals surface area (Å²) in [6.45, 7) is 11.0. The third-order valence-corrected chi connectivity index (χ3v) is 12.2. The van der Waals surface area contributed by atoms with Crippen molar-refractivity contribution in [3.63, 3.8) is 0 Å². The largest absolute Gasteiger partial charge is 0.461 e. The van der Waals surface area contributed by atoms with Gasteiger partial charge in [-0.25, -0.2) is 4.79 Å². The molecule has 0 spiro atoms.